The number of ether oxygens (including phenoxy) is 1. The van der Waals surface area contributed by atoms with Gasteiger partial charge in [0.1, 0.15) is 0 Å². The zero-order valence-electron chi connectivity index (χ0n) is 13.4. The lowest BCUT2D eigenvalue weighted by Gasteiger charge is -2.42. The second kappa shape index (κ2) is 7.73. The van der Waals surface area contributed by atoms with Crippen molar-refractivity contribution < 1.29 is 4.74 Å². The summed E-state index contributed by atoms with van der Waals surface area (Å²) in [6.07, 6.45) is 1.12. The van der Waals surface area contributed by atoms with Crippen LogP contribution in [0.4, 0.5) is 0 Å². The van der Waals surface area contributed by atoms with Crippen molar-refractivity contribution in [1.82, 2.24) is 10.2 Å². The molecule has 1 fully saturated rings. The minimum Gasteiger partial charge on any atom is -0.378 e. The van der Waals surface area contributed by atoms with Crippen LogP contribution in [0, 0.1) is 0 Å². The summed E-state index contributed by atoms with van der Waals surface area (Å²) in [4.78, 5) is 2.56. The Bertz CT molecular complexity index is 433. The maximum Gasteiger partial charge on any atom is 0.0645 e. The Labute approximate surface area is 137 Å². The van der Waals surface area contributed by atoms with Gasteiger partial charge in [-0.05, 0) is 44.5 Å². The normalized spacial score (nSPS) is 20.4. The summed E-state index contributed by atoms with van der Waals surface area (Å²) in [7, 11) is 0. The van der Waals surface area contributed by atoms with E-state index in [-0.39, 0.29) is 5.54 Å². The Morgan fingerprint density at radius 2 is 2.05 bits per heavy atom. The zero-order chi connectivity index (χ0) is 15.3. The van der Waals surface area contributed by atoms with Gasteiger partial charge in [0, 0.05) is 29.1 Å². The van der Waals surface area contributed by atoms with Gasteiger partial charge in [0.25, 0.3) is 0 Å². The molecule has 0 bridgehead atoms. The molecule has 0 spiro atoms. The molecule has 1 atom stereocenters. The molecule has 0 aliphatic carbocycles. The second-order valence-corrected chi connectivity index (χ2v) is 7.22. The minimum absolute atomic E-state index is 0.148. The van der Waals surface area contributed by atoms with Gasteiger partial charge in [0.05, 0.1) is 13.2 Å². The molecular formula is C17H27BrN2O. The third kappa shape index (κ3) is 4.78. The first-order valence-corrected chi connectivity index (χ1v) is 8.64. The molecule has 1 aliphatic rings. The monoisotopic (exact) mass is 354 g/mol. The summed E-state index contributed by atoms with van der Waals surface area (Å²) >= 11 is 3.51. The molecule has 0 saturated carbocycles. The molecule has 1 N–H and O–H groups in total. The highest BCUT2D eigenvalue weighted by Gasteiger charge is 2.30. The van der Waals surface area contributed by atoms with Crippen LogP contribution in [0.5, 0.6) is 0 Å². The number of morpholine rings is 1. The summed E-state index contributed by atoms with van der Waals surface area (Å²) in [6.45, 7) is 11.5. The molecule has 1 aromatic carbocycles. The van der Waals surface area contributed by atoms with Crippen LogP contribution in [0.2, 0.25) is 0 Å². The van der Waals surface area contributed by atoms with Crippen molar-refractivity contribution in [1.29, 1.82) is 0 Å². The molecule has 0 aromatic heterocycles. The molecule has 1 saturated heterocycles. The van der Waals surface area contributed by atoms with Crippen molar-refractivity contribution in [2.45, 2.75) is 38.8 Å². The molecule has 1 unspecified atom stereocenters. The van der Waals surface area contributed by atoms with Crippen molar-refractivity contribution >= 4 is 15.9 Å². The van der Waals surface area contributed by atoms with Gasteiger partial charge < -0.3 is 10.1 Å². The van der Waals surface area contributed by atoms with Crippen LogP contribution in [-0.2, 0) is 4.74 Å². The summed E-state index contributed by atoms with van der Waals surface area (Å²) < 4.78 is 6.74. The topological polar surface area (TPSA) is 24.5 Å². The van der Waals surface area contributed by atoms with Gasteiger partial charge in [-0.1, -0.05) is 35.0 Å². The number of nitrogens with one attached hydrogen (secondary N) is 1. The molecule has 1 aliphatic heterocycles. The number of hydrogen-bond acceptors (Lipinski definition) is 3. The first-order chi connectivity index (χ1) is 10.0. The van der Waals surface area contributed by atoms with Gasteiger partial charge >= 0.3 is 0 Å². The highest BCUT2D eigenvalue weighted by atomic mass is 79.9. The molecule has 0 amide bonds. The van der Waals surface area contributed by atoms with Crippen molar-refractivity contribution in [3.63, 3.8) is 0 Å². The van der Waals surface area contributed by atoms with Crippen LogP contribution in [0.3, 0.4) is 0 Å². The lowest BCUT2D eigenvalue weighted by molar-refractivity contribution is -0.0521. The van der Waals surface area contributed by atoms with E-state index < -0.39 is 0 Å². The van der Waals surface area contributed by atoms with E-state index in [1.54, 1.807) is 0 Å². The Hall–Kier alpha value is -0.420. The summed E-state index contributed by atoms with van der Waals surface area (Å²) in [5, 5.41) is 3.61. The highest BCUT2D eigenvalue weighted by Crippen LogP contribution is 2.24. The van der Waals surface area contributed by atoms with E-state index in [0.717, 1.165) is 43.7 Å². The first kappa shape index (κ1) is 16.9. The predicted molar refractivity (Wildman–Crippen MR) is 91.6 cm³/mol. The fourth-order valence-corrected chi connectivity index (χ4v) is 3.18. The van der Waals surface area contributed by atoms with E-state index in [4.69, 9.17) is 4.74 Å². The fraction of sp³-hybridized carbons (Fsp3) is 0.647. The zero-order valence-corrected chi connectivity index (χ0v) is 14.9. The van der Waals surface area contributed by atoms with E-state index in [2.05, 4.69) is 71.2 Å². The SMILES string of the molecule is CCNC(CCN1CCOCC1(C)C)c1ccc(Br)cc1. The van der Waals surface area contributed by atoms with Gasteiger partial charge in [-0.15, -0.1) is 0 Å². The third-order valence-electron chi connectivity index (χ3n) is 4.23. The second-order valence-electron chi connectivity index (χ2n) is 6.30. The van der Waals surface area contributed by atoms with E-state index in [0.29, 0.717) is 6.04 Å². The summed E-state index contributed by atoms with van der Waals surface area (Å²) in [5.41, 5.74) is 1.51. The van der Waals surface area contributed by atoms with Crippen LogP contribution < -0.4 is 5.32 Å². The van der Waals surface area contributed by atoms with Crippen molar-refractivity contribution in [3.8, 4) is 0 Å². The minimum atomic E-state index is 0.148. The Morgan fingerprint density at radius 3 is 2.67 bits per heavy atom. The molecule has 21 heavy (non-hydrogen) atoms. The number of nitrogens with zero attached hydrogens (tertiary/aromatic N) is 1. The number of hydrogen-bond donors (Lipinski definition) is 1. The van der Waals surface area contributed by atoms with Gasteiger partial charge in [-0.3, -0.25) is 4.90 Å². The Morgan fingerprint density at radius 1 is 1.33 bits per heavy atom. The Balaban J connectivity index is 1.98. The van der Waals surface area contributed by atoms with Gasteiger partial charge in [0.15, 0.2) is 0 Å². The highest BCUT2D eigenvalue weighted by molar-refractivity contribution is 9.10. The molecule has 118 valence electrons. The average molecular weight is 355 g/mol. The van der Waals surface area contributed by atoms with Crippen molar-refractivity contribution in [2.75, 3.05) is 32.8 Å². The molecule has 1 heterocycles. The molecule has 1 aromatic rings. The molecule has 3 nitrogen and oxygen atoms in total. The molecule has 0 radical (unpaired) electrons. The maximum atomic E-state index is 5.60. The lowest BCUT2D eigenvalue weighted by Crippen LogP contribution is -2.53. The smallest absolute Gasteiger partial charge is 0.0645 e. The quantitative estimate of drug-likeness (QED) is 0.844. The number of benzene rings is 1. The third-order valence-corrected chi connectivity index (χ3v) is 4.76. The van der Waals surface area contributed by atoms with Crippen molar-refractivity contribution in [2.24, 2.45) is 0 Å². The van der Waals surface area contributed by atoms with Gasteiger partial charge in [-0.25, -0.2) is 0 Å². The molecule has 4 heteroatoms. The van der Waals surface area contributed by atoms with E-state index in [1.165, 1.54) is 5.56 Å². The largest absolute Gasteiger partial charge is 0.378 e. The van der Waals surface area contributed by atoms with Gasteiger partial charge in [0.2, 0.25) is 0 Å². The lowest BCUT2D eigenvalue weighted by atomic mass is 9.99. The van der Waals surface area contributed by atoms with Crippen LogP contribution >= 0.6 is 15.9 Å². The Kier molecular flexibility index (Phi) is 6.23. The number of rotatable bonds is 6. The van der Waals surface area contributed by atoms with Crippen LogP contribution in [0.15, 0.2) is 28.7 Å². The van der Waals surface area contributed by atoms with Gasteiger partial charge in [-0.2, -0.15) is 0 Å². The summed E-state index contributed by atoms with van der Waals surface area (Å²) in [6, 6.07) is 9.09. The van der Waals surface area contributed by atoms with Crippen molar-refractivity contribution in [3.05, 3.63) is 34.3 Å². The van der Waals surface area contributed by atoms with E-state index in [1.807, 2.05) is 0 Å². The van der Waals surface area contributed by atoms with E-state index >= 15 is 0 Å². The van der Waals surface area contributed by atoms with Crippen LogP contribution in [0.1, 0.15) is 38.8 Å². The first-order valence-electron chi connectivity index (χ1n) is 7.84. The number of halogens is 1. The summed E-state index contributed by atoms with van der Waals surface area (Å²) in [5.74, 6) is 0. The van der Waals surface area contributed by atoms with Crippen LogP contribution in [0.25, 0.3) is 0 Å². The van der Waals surface area contributed by atoms with Crippen LogP contribution in [-0.4, -0.2) is 43.3 Å². The standard InChI is InChI=1S/C17H27BrN2O/c1-4-19-16(14-5-7-15(18)8-6-14)9-10-20-11-12-21-13-17(20,2)3/h5-8,16,19H,4,9-13H2,1-3H3. The average Bonchev–Trinajstić information content (AvgIpc) is 2.45. The molecule has 2 rings (SSSR count). The molecular weight excluding hydrogens is 328 g/mol. The predicted octanol–water partition coefficient (Wildman–Crippen LogP) is 3.60. The van der Waals surface area contributed by atoms with E-state index in [9.17, 15) is 0 Å². The maximum absolute atomic E-state index is 5.60. The fourth-order valence-electron chi connectivity index (χ4n) is 2.92.